The largest absolute Gasteiger partial charge is 0.493 e. The molecule has 0 saturated carbocycles. The van der Waals surface area contributed by atoms with E-state index in [-0.39, 0.29) is 28.6 Å². The number of carbonyl (C=O) groups is 2. The normalized spacial score (nSPS) is 10.6. The van der Waals surface area contributed by atoms with Crippen LogP contribution in [0, 0.1) is 6.92 Å². The number of amides is 2. The highest BCUT2D eigenvalue weighted by Crippen LogP contribution is 2.41. The Hall–Kier alpha value is -4.50. The van der Waals surface area contributed by atoms with Crippen molar-refractivity contribution in [2.75, 3.05) is 24.9 Å². The molecule has 0 spiro atoms. The number of halogens is 1. The number of nitrogens with one attached hydrogen (secondary N) is 2. The molecule has 37 heavy (non-hydrogen) atoms. The van der Waals surface area contributed by atoms with E-state index < -0.39 is 17.6 Å². The van der Waals surface area contributed by atoms with Crippen molar-refractivity contribution in [3.8, 4) is 28.4 Å². The molecule has 0 atom stereocenters. The molecule has 9 nitrogen and oxygen atoms in total. The molecule has 190 valence electrons. The molecule has 0 fully saturated rings. The smallest absolute Gasteiger partial charge is 0.360 e. The minimum atomic E-state index is -0.748. The molecule has 2 N–H and O–H groups in total. The third-order valence-corrected chi connectivity index (χ3v) is 5.74. The summed E-state index contributed by atoms with van der Waals surface area (Å²) in [6.07, 6.45) is 0. The zero-order chi connectivity index (χ0) is 26.7. The van der Waals surface area contributed by atoms with E-state index >= 15 is 0 Å². The van der Waals surface area contributed by atoms with Crippen molar-refractivity contribution in [2.45, 2.75) is 13.8 Å². The Labute approximate surface area is 216 Å². The summed E-state index contributed by atoms with van der Waals surface area (Å²) in [5.74, 6) is -0.194. The molecule has 3 aromatic carbocycles. The number of ether oxygens (including phenoxy) is 3. The summed E-state index contributed by atoms with van der Waals surface area (Å²) in [6.45, 7) is 3.15. The molecule has 0 aliphatic rings. The summed E-state index contributed by atoms with van der Waals surface area (Å²) in [4.78, 5) is 37.6. The Balaban J connectivity index is 1.77. The second-order valence-corrected chi connectivity index (χ2v) is 8.41. The first-order valence-corrected chi connectivity index (χ1v) is 11.4. The molecule has 4 rings (SSSR count). The fourth-order valence-electron chi connectivity index (χ4n) is 3.85. The summed E-state index contributed by atoms with van der Waals surface area (Å²) in [5, 5.41) is 6.25. The van der Waals surface area contributed by atoms with E-state index in [1.807, 2.05) is 19.1 Å². The third-order valence-electron chi connectivity index (χ3n) is 5.41. The van der Waals surface area contributed by atoms with Gasteiger partial charge in [0, 0.05) is 40.6 Å². The Bertz CT molecular complexity index is 1550. The monoisotopic (exact) mass is 522 g/mol. The SMILES string of the molecule is COc1cc(NC(=O)Nc2c(-c3ccccc3Cl)c3cc(C)ccc3oc2=O)cc(OC)c1OC(C)=O. The van der Waals surface area contributed by atoms with Crippen LogP contribution in [0.3, 0.4) is 0 Å². The number of methoxy groups -OCH3 is 2. The van der Waals surface area contributed by atoms with Gasteiger partial charge in [0.1, 0.15) is 11.3 Å². The maximum absolute atomic E-state index is 13.1. The van der Waals surface area contributed by atoms with Gasteiger partial charge in [0.2, 0.25) is 5.75 Å². The number of hydrogen-bond donors (Lipinski definition) is 2. The first-order chi connectivity index (χ1) is 17.7. The summed E-state index contributed by atoms with van der Waals surface area (Å²) in [6, 6.07) is 14.5. The van der Waals surface area contributed by atoms with Gasteiger partial charge in [-0.15, -0.1) is 0 Å². The molecule has 1 aromatic heterocycles. The third kappa shape index (κ3) is 5.36. The van der Waals surface area contributed by atoms with E-state index in [9.17, 15) is 14.4 Å². The lowest BCUT2D eigenvalue weighted by Gasteiger charge is -2.16. The van der Waals surface area contributed by atoms with Gasteiger partial charge >= 0.3 is 17.6 Å². The van der Waals surface area contributed by atoms with Gasteiger partial charge in [0.05, 0.1) is 19.9 Å². The van der Waals surface area contributed by atoms with Crippen LogP contribution in [0.1, 0.15) is 12.5 Å². The highest BCUT2D eigenvalue weighted by molar-refractivity contribution is 6.34. The highest BCUT2D eigenvalue weighted by atomic mass is 35.5. The molecule has 4 aromatic rings. The number of rotatable bonds is 6. The fraction of sp³-hybridized carbons (Fsp3) is 0.148. The standard InChI is InChI=1S/C27H23ClN2O7/c1-14-9-10-20-18(11-14)23(17-7-5-6-8-19(17)28)24(26(32)37-20)30-27(33)29-16-12-21(34-3)25(36-15(2)31)22(13-16)35-4/h5-13H,1-4H3,(H2,29,30,33). The number of carbonyl (C=O) groups excluding carboxylic acids is 2. The van der Waals surface area contributed by atoms with Gasteiger partial charge in [0.25, 0.3) is 0 Å². The van der Waals surface area contributed by atoms with Crippen molar-refractivity contribution in [2.24, 2.45) is 0 Å². The van der Waals surface area contributed by atoms with Crippen LogP contribution < -0.4 is 30.5 Å². The van der Waals surface area contributed by atoms with E-state index in [4.69, 9.17) is 30.2 Å². The molecular formula is C27H23ClN2O7. The van der Waals surface area contributed by atoms with Crippen LogP contribution in [0.4, 0.5) is 16.2 Å². The summed E-state index contributed by atoms with van der Waals surface area (Å²) in [5.41, 5.74) is 1.68. The van der Waals surface area contributed by atoms with Crippen LogP contribution in [0.15, 0.2) is 63.8 Å². The van der Waals surface area contributed by atoms with Gasteiger partial charge in [-0.2, -0.15) is 0 Å². The van der Waals surface area contributed by atoms with Crippen LogP contribution in [-0.4, -0.2) is 26.2 Å². The lowest BCUT2D eigenvalue weighted by atomic mass is 9.99. The van der Waals surface area contributed by atoms with E-state index in [0.717, 1.165) is 5.56 Å². The van der Waals surface area contributed by atoms with Gasteiger partial charge < -0.3 is 29.3 Å². The molecular weight excluding hydrogens is 500 g/mol. The highest BCUT2D eigenvalue weighted by Gasteiger charge is 2.22. The maximum Gasteiger partial charge on any atom is 0.360 e. The van der Waals surface area contributed by atoms with E-state index in [0.29, 0.717) is 27.1 Å². The van der Waals surface area contributed by atoms with Gasteiger partial charge in [0.15, 0.2) is 11.5 Å². The summed E-state index contributed by atoms with van der Waals surface area (Å²) < 4.78 is 21.2. The average molecular weight is 523 g/mol. The molecule has 0 aliphatic carbocycles. The number of aryl methyl sites for hydroxylation is 1. The molecule has 1 heterocycles. The Morgan fingerprint density at radius 3 is 2.24 bits per heavy atom. The minimum Gasteiger partial charge on any atom is -0.493 e. The van der Waals surface area contributed by atoms with Crippen LogP contribution in [0.5, 0.6) is 17.2 Å². The number of anilines is 2. The van der Waals surface area contributed by atoms with Gasteiger partial charge in [-0.05, 0) is 25.1 Å². The summed E-state index contributed by atoms with van der Waals surface area (Å²) >= 11 is 6.48. The van der Waals surface area contributed by atoms with Crippen molar-refractivity contribution in [1.29, 1.82) is 0 Å². The maximum atomic E-state index is 13.1. The first-order valence-electron chi connectivity index (χ1n) is 11.1. The molecule has 10 heteroatoms. The van der Waals surface area contributed by atoms with Crippen molar-refractivity contribution < 1.29 is 28.2 Å². The van der Waals surface area contributed by atoms with Crippen LogP contribution in [0.25, 0.3) is 22.1 Å². The Morgan fingerprint density at radius 1 is 0.946 bits per heavy atom. The summed E-state index contributed by atoms with van der Waals surface area (Å²) in [7, 11) is 2.76. The van der Waals surface area contributed by atoms with Crippen molar-refractivity contribution in [1.82, 2.24) is 0 Å². The number of fused-ring (bicyclic) bond motifs is 1. The number of esters is 1. The first kappa shape index (κ1) is 25.6. The van der Waals surface area contributed by atoms with Gasteiger partial charge in [-0.3, -0.25) is 4.79 Å². The molecule has 0 unspecified atom stereocenters. The Morgan fingerprint density at radius 2 is 1.62 bits per heavy atom. The predicted molar refractivity (Wildman–Crippen MR) is 141 cm³/mol. The molecule has 0 saturated heterocycles. The van der Waals surface area contributed by atoms with Crippen LogP contribution in [0.2, 0.25) is 5.02 Å². The number of benzene rings is 3. The minimum absolute atomic E-state index is 0.0648. The van der Waals surface area contributed by atoms with Crippen molar-refractivity contribution >= 4 is 45.9 Å². The van der Waals surface area contributed by atoms with Crippen molar-refractivity contribution in [3.63, 3.8) is 0 Å². The van der Waals surface area contributed by atoms with E-state index in [1.54, 1.807) is 30.3 Å². The quantitative estimate of drug-likeness (QED) is 0.181. The van der Waals surface area contributed by atoms with Gasteiger partial charge in [-0.1, -0.05) is 41.4 Å². The topological polar surface area (TPSA) is 116 Å². The molecule has 0 aliphatic heterocycles. The number of urea groups is 1. The van der Waals surface area contributed by atoms with Crippen molar-refractivity contribution in [3.05, 3.63) is 75.6 Å². The average Bonchev–Trinajstić information content (AvgIpc) is 2.85. The van der Waals surface area contributed by atoms with Crippen LogP contribution in [-0.2, 0) is 4.79 Å². The predicted octanol–water partition coefficient (Wildman–Crippen LogP) is 6.01. The van der Waals surface area contributed by atoms with Gasteiger partial charge in [-0.25, -0.2) is 9.59 Å². The molecule has 0 radical (unpaired) electrons. The van der Waals surface area contributed by atoms with E-state index in [1.165, 1.54) is 33.3 Å². The Kier molecular flexibility index (Phi) is 7.35. The fourth-order valence-corrected chi connectivity index (χ4v) is 4.08. The second-order valence-electron chi connectivity index (χ2n) is 8.00. The lowest BCUT2D eigenvalue weighted by molar-refractivity contribution is -0.132. The van der Waals surface area contributed by atoms with Crippen LogP contribution >= 0.6 is 11.6 Å². The zero-order valence-electron chi connectivity index (χ0n) is 20.4. The van der Waals surface area contributed by atoms with E-state index in [2.05, 4.69) is 10.6 Å². The second kappa shape index (κ2) is 10.6. The number of hydrogen-bond acceptors (Lipinski definition) is 7. The zero-order valence-corrected chi connectivity index (χ0v) is 21.2. The molecule has 2 amide bonds. The molecule has 0 bridgehead atoms. The lowest BCUT2D eigenvalue weighted by Crippen LogP contribution is -2.24.